The van der Waals surface area contributed by atoms with Crippen molar-refractivity contribution in [3.05, 3.63) is 29.8 Å². The third-order valence-corrected chi connectivity index (χ3v) is 3.97. The van der Waals surface area contributed by atoms with Crippen molar-refractivity contribution >= 4 is 9.84 Å². The van der Waals surface area contributed by atoms with Gasteiger partial charge in [0, 0.05) is 12.9 Å². The van der Waals surface area contributed by atoms with Crippen molar-refractivity contribution in [1.82, 2.24) is 5.32 Å². The van der Waals surface area contributed by atoms with E-state index in [4.69, 9.17) is 4.74 Å². The third-order valence-electron chi connectivity index (χ3n) is 2.84. The Hall–Kier alpha value is -0.910. The zero-order chi connectivity index (χ0) is 14.3. The molecule has 1 unspecified atom stereocenters. The van der Waals surface area contributed by atoms with E-state index in [-0.39, 0.29) is 6.04 Å². The number of sulfone groups is 1. The second-order valence-corrected chi connectivity index (χ2v) is 6.52. The Morgan fingerprint density at radius 1 is 1.21 bits per heavy atom. The first-order valence-electron chi connectivity index (χ1n) is 6.60. The van der Waals surface area contributed by atoms with Crippen LogP contribution < -0.4 is 5.32 Å². The first-order chi connectivity index (χ1) is 8.99. The molecule has 1 atom stereocenters. The van der Waals surface area contributed by atoms with Crippen LogP contribution in [0.25, 0.3) is 0 Å². The summed E-state index contributed by atoms with van der Waals surface area (Å²) < 4.78 is 28.3. The highest BCUT2D eigenvalue weighted by Gasteiger charge is 2.12. The molecule has 0 aliphatic carbocycles. The van der Waals surface area contributed by atoms with Gasteiger partial charge in [-0.1, -0.05) is 19.1 Å². The summed E-state index contributed by atoms with van der Waals surface area (Å²) in [6.45, 7) is 6.24. The van der Waals surface area contributed by atoms with Crippen LogP contribution in [-0.4, -0.2) is 34.4 Å². The van der Waals surface area contributed by atoms with Gasteiger partial charge in [0.1, 0.15) is 0 Å². The largest absolute Gasteiger partial charge is 0.380 e. The number of hydrogen-bond donors (Lipinski definition) is 1. The van der Waals surface area contributed by atoms with E-state index in [1.54, 1.807) is 12.1 Å². The van der Waals surface area contributed by atoms with Crippen LogP contribution in [-0.2, 0) is 14.6 Å². The quantitative estimate of drug-likeness (QED) is 0.795. The molecule has 0 bridgehead atoms. The minimum Gasteiger partial charge on any atom is -0.380 e. The van der Waals surface area contributed by atoms with Crippen LogP contribution >= 0.6 is 0 Å². The van der Waals surface area contributed by atoms with Crippen molar-refractivity contribution in [1.29, 1.82) is 0 Å². The summed E-state index contributed by atoms with van der Waals surface area (Å²) in [6.07, 6.45) is 2.26. The monoisotopic (exact) mass is 285 g/mol. The molecule has 1 aromatic carbocycles. The molecule has 4 nitrogen and oxygen atoms in total. The molecule has 0 radical (unpaired) electrons. The summed E-state index contributed by atoms with van der Waals surface area (Å²) in [6, 6.07) is 7.11. The topological polar surface area (TPSA) is 55.4 Å². The Balaban J connectivity index is 2.83. The Labute approximate surface area is 116 Å². The van der Waals surface area contributed by atoms with Crippen molar-refractivity contribution in [3.63, 3.8) is 0 Å². The van der Waals surface area contributed by atoms with Crippen LogP contribution in [0.1, 0.15) is 31.9 Å². The third kappa shape index (κ3) is 5.30. The standard InChI is InChI=1S/C14H23NO3S/c1-4-10-15-14(11-18-5-2)12-6-8-13(9-7-12)19(3,16)17/h6-9,14-15H,4-5,10-11H2,1-3H3. The molecule has 0 fully saturated rings. The molecule has 1 N–H and O–H groups in total. The van der Waals surface area contributed by atoms with Crippen LogP contribution in [0.3, 0.4) is 0 Å². The smallest absolute Gasteiger partial charge is 0.175 e. The molecule has 0 amide bonds. The molecule has 1 aromatic rings. The summed E-state index contributed by atoms with van der Waals surface area (Å²) in [7, 11) is -3.13. The van der Waals surface area contributed by atoms with Gasteiger partial charge in [-0.3, -0.25) is 0 Å². The predicted octanol–water partition coefficient (Wildman–Crippen LogP) is 2.17. The second kappa shape index (κ2) is 7.62. The van der Waals surface area contributed by atoms with Crippen molar-refractivity contribution in [2.45, 2.75) is 31.2 Å². The van der Waals surface area contributed by atoms with Gasteiger partial charge in [-0.15, -0.1) is 0 Å². The van der Waals surface area contributed by atoms with Crippen LogP contribution in [0.5, 0.6) is 0 Å². The molecule has 19 heavy (non-hydrogen) atoms. The summed E-state index contributed by atoms with van der Waals surface area (Å²) in [5, 5.41) is 3.40. The van der Waals surface area contributed by atoms with Gasteiger partial charge in [-0.2, -0.15) is 0 Å². The van der Waals surface area contributed by atoms with Gasteiger partial charge >= 0.3 is 0 Å². The van der Waals surface area contributed by atoms with Crippen LogP contribution in [0.4, 0.5) is 0 Å². The molecule has 0 saturated carbocycles. The molecule has 0 aliphatic heterocycles. The summed E-state index contributed by atoms with van der Waals surface area (Å²) in [5.41, 5.74) is 1.05. The normalized spacial score (nSPS) is 13.4. The van der Waals surface area contributed by atoms with E-state index in [1.807, 2.05) is 19.1 Å². The lowest BCUT2D eigenvalue weighted by atomic mass is 10.1. The van der Waals surface area contributed by atoms with Crippen molar-refractivity contribution < 1.29 is 13.2 Å². The Kier molecular flexibility index (Phi) is 6.48. The highest BCUT2D eigenvalue weighted by Crippen LogP contribution is 2.17. The summed E-state index contributed by atoms with van der Waals surface area (Å²) in [4.78, 5) is 0.349. The minimum absolute atomic E-state index is 0.105. The number of rotatable bonds is 8. The van der Waals surface area contributed by atoms with Gasteiger partial charge < -0.3 is 10.1 Å². The van der Waals surface area contributed by atoms with Gasteiger partial charge in [0.25, 0.3) is 0 Å². The van der Waals surface area contributed by atoms with Gasteiger partial charge in [0.2, 0.25) is 0 Å². The van der Waals surface area contributed by atoms with Crippen LogP contribution in [0, 0.1) is 0 Å². The minimum atomic E-state index is -3.13. The average Bonchev–Trinajstić information content (AvgIpc) is 2.38. The predicted molar refractivity (Wildman–Crippen MR) is 77.1 cm³/mol. The number of ether oxygens (including phenoxy) is 1. The molecule has 0 spiro atoms. The van der Waals surface area contributed by atoms with Gasteiger partial charge in [-0.25, -0.2) is 8.42 Å². The van der Waals surface area contributed by atoms with E-state index in [9.17, 15) is 8.42 Å². The first kappa shape index (κ1) is 16.1. The van der Waals surface area contributed by atoms with E-state index >= 15 is 0 Å². The van der Waals surface area contributed by atoms with E-state index in [2.05, 4.69) is 12.2 Å². The van der Waals surface area contributed by atoms with Crippen LogP contribution in [0.2, 0.25) is 0 Å². The Morgan fingerprint density at radius 2 is 1.84 bits per heavy atom. The molecule has 0 aliphatic rings. The molecule has 108 valence electrons. The lowest BCUT2D eigenvalue weighted by molar-refractivity contribution is 0.123. The fraction of sp³-hybridized carbons (Fsp3) is 0.571. The van der Waals surface area contributed by atoms with E-state index in [0.29, 0.717) is 18.1 Å². The highest BCUT2D eigenvalue weighted by molar-refractivity contribution is 7.90. The van der Waals surface area contributed by atoms with Crippen molar-refractivity contribution in [2.24, 2.45) is 0 Å². The number of benzene rings is 1. The van der Waals surface area contributed by atoms with Crippen molar-refractivity contribution in [3.8, 4) is 0 Å². The molecule has 0 heterocycles. The molecule has 0 aromatic heterocycles. The second-order valence-electron chi connectivity index (χ2n) is 4.51. The Morgan fingerprint density at radius 3 is 2.32 bits per heavy atom. The average molecular weight is 285 g/mol. The maximum Gasteiger partial charge on any atom is 0.175 e. The molecule has 1 rings (SSSR count). The van der Waals surface area contributed by atoms with E-state index < -0.39 is 9.84 Å². The number of hydrogen-bond acceptors (Lipinski definition) is 4. The zero-order valence-corrected chi connectivity index (χ0v) is 12.7. The molecular weight excluding hydrogens is 262 g/mol. The highest BCUT2D eigenvalue weighted by atomic mass is 32.2. The SMILES string of the molecule is CCCNC(COCC)c1ccc(S(C)(=O)=O)cc1. The summed E-state index contributed by atoms with van der Waals surface area (Å²) >= 11 is 0. The fourth-order valence-corrected chi connectivity index (χ4v) is 2.41. The fourth-order valence-electron chi connectivity index (χ4n) is 1.77. The van der Waals surface area contributed by atoms with Crippen LogP contribution in [0.15, 0.2) is 29.2 Å². The van der Waals surface area contributed by atoms with Gasteiger partial charge in [-0.05, 0) is 37.6 Å². The van der Waals surface area contributed by atoms with Crippen molar-refractivity contribution in [2.75, 3.05) is 26.0 Å². The Bertz CT molecular complexity index is 460. The zero-order valence-electron chi connectivity index (χ0n) is 11.8. The first-order valence-corrected chi connectivity index (χ1v) is 8.49. The van der Waals surface area contributed by atoms with E-state index in [1.165, 1.54) is 6.26 Å². The molecule has 0 saturated heterocycles. The number of nitrogens with one attached hydrogen (secondary N) is 1. The summed E-state index contributed by atoms with van der Waals surface area (Å²) in [5.74, 6) is 0. The van der Waals surface area contributed by atoms with Gasteiger partial charge in [0.15, 0.2) is 9.84 Å². The maximum absolute atomic E-state index is 11.4. The molecular formula is C14H23NO3S. The maximum atomic E-state index is 11.4. The molecule has 5 heteroatoms. The lowest BCUT2D eigenvalue weighted by Crippen LogP contribution is -2.26. The van der Waals surface area contributed by atoms with Gasteiger partial charge in [0.05, 0.1) is 17.5 Å². The van der Waals surface area contributed by atoms with E-state index in [0.717, 1.165) is 18.5 Å². The lowest BCUT2D eigenvalue weighted by Gasteiger charge is -2.19.